The van der Waals surface area contributed by atoms with Crippen molar-refractivity contribution in [3.05, 3.63) is 46.5 Å². The molecule has 3 aromatic rings. The Balaban J connectivity index is 0.00000259. The van der Waals surface area contributed by atoms with Gasteiger partial charge in [-0.15, -0.1) is 23.7 Å². The van der Waals surface area contributed by atoms with E-state index in [9.17, 15) is 8.42 Å². The summed E-state index contributed by atoms with van der Waals surface area (Å²) in [6.45, 7) is 6.03. The van der Waals surface area contributed by atoms with Crippen molar-refractivity contribution in [1.82, 2.24) is 4.90 Å². The summed E-state index contributed by atoms with van der Waals surface area (Å²) in [5.74, 6) is 0.806. The second kappa shape index (κ2) is 9.15. The Labute approximate surface area is 210 Å². The number of ether oxygens (including phenoxy) is 1. The van der Waals surface area contributed by atoms with E-state index in [1.807, 2.05) is 31.2 Å². The largest absolute Gasteiger partial charge is 0.495 e. The van der Waals surface area contributed by atoms with Crippen molar-refractivity contribution in [1.29, 1.82) is 0 Å². The minimum absolute atomic E-state index is 0. The first-order chi connectivity index (χ1) is 15.3. The maximum atomic E-state index is 13.8. The lowest BCUT2D eigenvalue weighted by atomic mass is 10.1. The van der Waals surface area contributed by atoms with Gasteiger partial charge >= 0.3 is 0 Å². The van der Waals surface area contributed by atoms with E-state index in [4.69, 9.17) is 16.3 Å². The van der Waals surface area contributed by atoms with Crippen LogP contribution in [0.1, 0.15) is 11.1 Å². The smallest absolute Gasteiger partial charge is 0.274 e. The van der Waals surface area contributed by atoms with Crippen molar-refractivity contribution in [2.75, 3.05) is 56.1 Å². The number of nitrogens with zero attached hydrogens (tertiary/aromatic N) is 3. The number of anilines is 2. The monoisotopic (exact) mass is 527 g/mol. The molecule has 2 aliphatic heterocycles. The normalized spacial score (nSPS) is 16.7. The fourth-order valence-electron chi connectivity index (χ4n) is 4.73. The molecule has 3 heterocycles. The lowest BCUT2D eigenvalue weighted by molar-refractivity contribution is 0.311. The summed E-state index contributed by atoms with van der Waals surface area (Å²) in [4.78, 5) is 4.64. The molecule has 2 aliphatic rings. The molecule has 6 nitrogen and oxygen atoms in total. The average Bonchev–Trinajstić information content (AvgIpc) is 3.36. The number of piperazine rings is 1. The minimum Gasteiger partial charge on any atom is -0.495 e. The Morgan fingerprint density at radius 2 is 1.79 bits per heavy atom. The number of aryl methyl sites for hydroxylation is 1. The molecule has 1 fully saturated rings. The van der Waals surface area contributed by atoms with Crippen molar-refractivity contribution in [3.8, 4) is 5.75 Å². The highest BCUT2D eigenvalue weighted by Gasteiger charge is 2.36. The van der Waals surface area contributed by atoms with Crippen LogP contribution in [0.5, 0.6) is 5.75 Å². The number of halogens is 2. The molecule has 0 spiro atoms. The summed E-state index contributed by atoms with van der Waals surface area (Å²) in [6.07, 6.45) is 0.670. The molecule has 0 aliphatic carbocycles. The van der Waals surface area contributed by atoms with Gasteiger partial charge in [-0.2, -0.15) is 0 Å². The van der Waals surface area contributed by atoms with Gasteiger partial charge in [0.2, 0.25) is 0 Å². The standard InChI is InChI=1S/C23H26ClN3O3S2.ClH/c1-15-18-14-16(24)4-7-21(18)31-23(15)32(28,29)27-9-8-17-19(27)5-6-20(30-3)22(17)26-12-10-25(2)11-13-26;/h4-7,14H,8-13H2,1-3H3;1H. The van der Waals surface area contributed by atoms with Crippen LogP contribution in [0, 0.1) is 6.92 Å². The fourth-order valence-corrected chi connectivity index (χ4v) is 8.24. The van der Waals surface area contributed by atoms with Gasteiger partial charge in [0.25, 0.3) is 10.0 Å². The molecule has 1 saturated heterocycles. The maximum Gasteiger partial charge on any atom is 0.274 e. The summed E-state index contributed by atoms with van der Waals surface area (Å²) in [5, 5.41) is 1.51. The lowest BCUT2D eigenvalue weighted by Crippen LogP contribution is -2.44. The zero-order valence-electron chi connectivity index (χ0n) is 18.8. The summed E-state index contributed by atoms with van der Waals surface area (Å²) >= 11 is 7.47. The molecule has 0 unspecified atom stereocenters. The van der Waals surface area contributed by atoms with E-state index in [1.165, 1.54) is 11.3 Å². The van der Waals surface area contributed by atoms with Crippen LogP contribution in [0.4, 0.5) is 11.4 Å². The zero-order valence-corrected chi connectivity index (χ0v) is 22.0. The molecule has 0 amide bonds. The molecular weight excluding hydrogens is 501 g/mol. The van der Waals surface area contributed by atoms with Crippen molar-refractivity contribution in [3.63, 3.8) is 0 Å². The predicted molar refractivity (Wildman–Crippen MR) is 140 cm³/mol. The third-order valence-electron chi connectivity index (χ3n) is 6.47. The summed E-state index contributed by atoms with van der Waals surface area (Å²) < 4.78 is 36.2. The van der Waals surface area contributed by atoms with Crippen molar-refractivity contribution >= 4 is 66.8 Å². The number of rotatable bonds is 4. The Morgan fingerprint density at radius 1 is 1.06 bits per heavy atom. The van der Waals surface area contributed by atoms with Crippen LogP contribution in [0.15, 0.2) is 34.5 Å². The molecule has 0 atom stereocenters. The van der Waals surface area contributed by atoms with Gasteiger partial charge in [-0.05, 0) is 61.7 Å². The van der Waals surface area contributed by atoms with E-state index in [1.54, 1.807) is 17.5 Å². The van der Waals surface area contributed by atoms with Crippen LogP contribution in [0.3, 0.4) is 0 Å². The second-order valence-electron chi connectivity index (χ2n) is 8.39. The molecule has 33 heavy (non-hydrogen) atoms. The Kier molecular flexibility index (Phi) is 6.77. The van der Waals surface area contributed by atoms with Gasteiger partial charge in [0.1, 0.15) is 9.96 Å². The summed E-state index contributed by atoms with van der Waals surface area (Å²) in [5.41, 5.74) is 3.61. The molecule has 0 saturated carbocycles. The Morgan fingerprint density at radius 3 is 2.48 bits per heavy atom. The van der Waals surface area contributed by atoms with Crippen LogP contribution in [-0.4, -0.2) is 60.2 Å². The van der Waals surface area contributed by atoms with Gasteiger partial charge in [0, 0.05) is 48.0 Å². The van der Waals surface area contributed by atoms with E-state index in [-0.39, 0.29) is 12.4 Å². The fraction of sp³-hybridized carbons (Fsp3) is 0.391. The van der Waals surface area contributed by atoms with Gasteiger partial charge < -0.3 is 14.5 Å². The van der Waals surface area contributed by atoms with E-state index in [0.29, 0.717) is 22.2 Å². The highest BCUT2D eigenvalue weighted by atomic mass is 35.5. The number of hydrogen-bond donors (Lipinski definition) is 0. The highest BCUT2D eigenvalue weighted by molar-refractivity contribution is 7.95. The van der Waals surface area contributed by atoms with Gasteiger partial charge in [-0.1, -0.05) is 11.6 Å². The first kappa shape index (κ1) is 24.4. The van der Waals surface area contributed by atoms with E-state index < -0.39 is 10.0 Å². The van der Waals surface area contributed by atoms with Crippen LogP contribution < -0.4 is 13.9 Å². The molecule has 0 N–H and O–H groups in total. The number of sulfonamides is 1. The number of fused-ring (bicyclic) bond motifs is 2. The average molecular weight is 529 g/mol. The van der Waals surface area contributed by atoms with Crippen molar-refractivity contribution < 1.29 is 13.2 Å². The highest BCUT2D eigenvalue weighted by Crippen LogP contribution is 2.46. The molecule has 10 heteroatoms. The molecule has 5 rings (SSSR count). The van der Waals surface area contributed by atoms with Gasteiger partial charge in [0.05, 0.1) is 18.5 Å². The number of hydrogen-bond acceptors (Lipinski definition) is 6. The van der Waals surface area contributed by atoms with Crippen LogP contribution in [-0.2, 0) is 16.4 Å². The number of likely N-dealkylation sites (N-methyl/N-ethyl adjacent to an activating group) is 1. The molecule has 1 aromatic heterocycles. The zero-order chi connectivity index (χ0) is 22.6. The predicted octanol–water partition coefficient (Wildman–Crippen LogP) is 4.80. The van der Waals surface area contributed by atoms with Gasteiger partial charge in [-0.3, -0.25) is 4.31 Å². The Bertz CT molecular complexity index is 1300. The summed E-state index contributed by atoms with van der Waals surface area (Å²) in [6, 6.07) is 9.32. The molecular formula is C23H27Cl2N3O3S2. The maximum absolute atomic E-state index is 13.8. The number of methoxy groups -OCH3 is 1. The third-order valence-corrected chi connectivity index (χ3v) is 10.4. The van der Waals surface area contributed by atoms with Crippen LogP contribution in [0.25, 0.3) is 10.1 Å². The molecule has 178 valence electrons. The van der Waals surface area contributed by atoms with Crippen LogP contribution >= 0.6 is 35.3 Å². The van der Waals surface area contributed by atoms with Crippen LogP contribution in [0.2, 0.25) is 5.02 Å². The van der Waals surface area contributed by atoms with E-state index in [0.717, 1.165) is 64.5 Å². The number of benzene rings is 2. The van der Waals surface area contributed by atoms with Gasteiger partial charge in [-0.25, -0.2) is 8.42 Å². The topological polar surface area (TPSA) is 53.1 Å². The van der Waals surface area contributed by atoms with Gasteiger partial charge in [0.15, 0.2) is 0 Å². The van der Waals surface area contributed by atoms with Crippen molar-refractivity contribution in [2.45, 2.75) is 17.6 Å². The molecule has 0 radical (unpaired) electrons. The lowest BCUT2D eigenvalue weighted by Gasteiger charge is -2.36. The number of thiophene rings is 1. The van der Waals surface area contributed by atoms with Crippen molar-refractivity contribution in [2.24, 2.45) is 0 Å². The Hall–Kier alpha value is -1.71. The first-order valence-corrected chi connectivity index (χ1v) is 13.3. The van der Waals surface area contributed by atoms with E-state index >= 15 is 0 Å². The summed E-state index contributed by atoms with van der Waals surface area (Å²) in [7, 11) is 0.109. The second-order valence-corrected chi connectivity index (χ2v) is 11.9. The minimum atomic E-state index is -3.69. The molecule has 0 bridgehead atoms. The third kappa shape index (κ3) is 4.06. The SMILES string of the molecule is COc1ccc2c(c1N1CCN(C)CC1)CCN2S(=O)(=O)c1sc2ccc(Cl)cc2c1C.Cl. The first-order valence-electron chi connectivity index (χ1n) is 10.7. The quantitative estimate of drug-likeness (QED) is 0.487. The molecule has 2 aromatic carbocycles. The van der Waals surface area contributed by atoms with E-state index in [2.05, 4.69) is 16.8 Å².